The lowest BCUT2D eigenvalue weighted by Crippen LogP contribution is -2.65. The first-order chi connectivity index (χ1) is 14.3. The molecule has 2 unspecified atom stereocenters. The summed E-state index contributed by atoms with van der Waals surface area (Å²) in [5, 5.41) is 5.25. The zero-order chi connectivity index (χ0) is 22.0. The van der Waals surface area contributed by atoms with Crippen molar-refractivity contribution in [1.82, 2.24) is 10.0 Å². The Bertz CT molecular complexity index is 503. The largest absolute Gasteiger partial charge is 0.300 e. The molecule has 2 aliphatic rings. The zero-order valence-electron chi connectivity index (χ0n) is 21.1. The van der Waals surface area contributed by atoms with Crippen LogP contribution in [0.2, 0.25) is 0 Å². The Labute approximate surface area is 188 Å². The van der Waals surface area contributed by atoms with E-state index in [1.54, 1.807) is 6.92 Å². The van der Waals surface area contributed by atoms with E-state index in [1.165, 1.54) is 103 Å². The number of rotatable bonds is 14. The lowest BCUT2D eigenvalue weighted by atomic mass is 9.65. The van der Waals surface area contributed by atoms with Gasteiger partial charge in [0.25, 0.3) is 0 Å². The van der Waals surface area contributed by atoms with Gasteiger partial charge < -0.3 is 0 Å². The molecule has 30 heavy (non-hydrogen) atoms. The van der Waals surface area contributed by atoms with Gasteiger partial charge >= 0.3 is 0 Å². The Kier molecular flexibility index (Phi) is 10.8. The number of carbonyl (C=O) groups excluding carboxylic acids is 1. The first-order valence-corrected chi connectivity index (χ1v) is 13.3. The summed E-state index contributed by atoms with van der Waals surface area (Å²) < 4.78 is 0. The first kappa shape index (κ1) is 25.8. The molecule has 0 aromatic heterocycles. The molecule has 0 aliphatic carbocycles. The van der Waals surface area contributed by atoms with E-state index in [9.17, 15) is 4.79 Å². The van der Waals surface area contributed by atoms with Gasteiger partial charge in [-0.1, -0.05) is 85.0 Å². The molecule has 0 N–H and O–H groups in total. The predicted molar refractivity (Wildman–Crippen MR) is 130 cm³/mol. The number of unbranched alkanes of at least 4 members (excludes halogenated alkanes) is 9. The fourth-order valence-electron chi connectivity index (χ4n) is 5.99. The first-order valence-electron chi connectivity index (χ1n) is 13.3. The highest BCUT2D eigenvalue weighted by atomic mass is 16.1. The van der Waals surface area contributed by atoms with E-state index in [0.29, 0.717) is 12.2 Å². The molecule has 0 saturated carbocycles. The lowest BCUT2D eigenvalue weighted by Gasteiger charge is -2.57. The maximum Gasteiger partial charge on any atom is 0.131 e. The third kappa shape index (κ3) is 7.33. The highest BCUT2D eigenvalue weighted by Gasteiger charge is 2.51. The molecule has 2 saturated heterocycles. The van der Waals surface area contributed by atoms with Gasteiger partial charge in [-0.15, -0.1) is 0 Å². The molecule has 0 spiro atoms. The van der Waals surface area contributed by atoms with E-state index in [2.05, 4.69) is 37.7 Å². The quantitative estimate of drug-likeness (QED) is 0.274. The summed E-state index contributed by atoms with van der Waals surface area (Å²) in [6, 6.07) is 0. The second-order valence-electron chi connectivity index (χ2n) is 11.3. The molecule has 3 heteroatoms. The zero-order valence-corrected chi connectivity index (χ0v) is 21.1. The number of hydrogen-bond acceptors (Lipinski definition) is 3. The average Bonchev–Trinajstić information content (AvgIpc) is 3.13. The molecular weight excluding hydrogens is 368 g/mol. The summed E-state index contributed by atoms with van der Waals surface area (Å²) in [6.45, 7) is 14.7. The number of hydrazine groups is 1. The van der Waals surface area contributed by atoms with Crippen molar-refractivity contribution in [2.24, 2.45) is 11.3 Å². The van der Waals surface area contributed by atoms with Crippen molar-refractivity contribution in [1.29, 1.82) is 0 Å². The third-order valence-corrected chi connectivity index (χ3v) is 8.36. The molecular formula is C27H52N2O. The highest BCUT2D eigenvalue weighted by Crippen LogP contribution is 2.47. The van der Waals surface area contributed by atoms with Crippen molar-refractivity contribution in [2.75, 3.05) is 19.6 Å². The smallest absolute Gasteiger partial charge is 0.131 e. The van der Waals surface area contributed by atoms with E-state index in [1.807, 2.05) is 0 Å². The van der Waals surface area contributed by atoms with E-state index >= 15 is 0 Å². The van der Waals surface area contributed by atoms with Crippen LogP contribution in [0.5, 0.6) is 0 Å². The van der Waals surface area contributed by atoms with Gasteiger partial charge in [-0.25, -0.2) is 10.0 Å². The summed E-state index contributed by atoms with van der Waals surface area (Å²) >= 11 is 0. The topological polar surface area (TPSA) is 23.6 Å². The molecule has 2 heterocycles. The maximum atomic E-state index is 12.1. The average molecular weight is 421 g/mol. The maximum absolute atomic E-state index is 12.1. The van der Waals surface area contributed by atoms with E-state index in [-0.39, 0.29) is 11.0 Å². The van der Waals surface area contributed by atoms with Crippen LogP contribution in [-0.4, -0.2) is 41.0 Å². The molecule has 2 rings (SSSR count). The van der Waals surface area contributed by atoms with Crippen LogP contribution in [0.15, 0.2) is 0 Å². The predicted octanol–water partition coefficient (Wildman–Crippen LogP) is 7.39. The van der Waals surface area contributed by atoms with E-state index < -0.39 is 0 Å². The van der Waals surface area contributed by atoms with Crippen molar-refractivity contribution in [3.63, 3.8) is 0 Å². The van der Waals surface area contributed by atoms with Crippen LogP contribution >= 0.6 is 0 Å². The van der Waals surface area contributed by atoms with Gasteiger partial charge in [0.05, 0.1) is 0 Å². The molecule has 0 amide bonds. The minimum Gasteiger partial charge on any atom is -0.300 e. The Morgan fingerprint density at radius 3 is 2.10 bits per heavy atom. The fourth-order valence-corrected chi connectivity index (χ4v) is 5.99. The molecule has 3 nitrogen and oxygen atoms in total. The standard InChI is InChI=1S/C27H52N2O/c1-6-7-8-9-10-11-12-13-14-15-17-25-18-21-28(23-25)29-20-16-19-26(3,4)27(29,5)22-24(2)30/h25H,6-23H2,1-5H3. The molecule has 0 radical (unpaired) electrons. The monoisotopic (exact) mass is 420 g/mol. The van der Waals surface area contributed by atoms with Gasteiger partial charge in [-0.3, -0.25) is 4.79 Å². The van der Waals surface area contributed by atoms with Gasteiger partial charge in [0, 0.05) is 31.6 Å². The number of hydrogen-bond donors (Lipinski definition) is 0. The Balaban J connectivity index is 1.68. The molecule has 2 aliphatic heterocycles. The second kappa shape index (κ2) is 12.6. The van der Waals surface area contributed by atoms with Crippen molar-refractivity contribution in [2.45, 2.75) is 136 Å². The molecule has 0 aromatic carbocycles. The summed E-state index contributed by atoms with van der Waals surface area (Å²) in [5.74, 6) is 1.18. The van der Waals surface area contributed by atoms with Gasteiger partial charge in [-0.2, -0.15) is 0 Å². The Hall–Kier alpha value is -0.410. The van der Waals surface area contributed by atoms with Crippen LogP contribution in [0.4, 0.5) is 0 Å². The van der Waals surface area contributed by atoms with Crippen LogP contribution < -0.4 is 0 Å². The summed E-state index contributed by atoms with van der Waals surface area (Å²) in [5.41, 5.74) is 0.147. The minimum atomic E-state index is -0.0386. The van der Waals surface area contributed by atoms with E-state index in [0.717, 1.165) is 12.5 Å². The van der Waals surface area contributed by atoms with Crippen LogP contribution in [0.25, 0.3) is 0 Å². The van der Waals surface area contributed by atoms with Crippen LogP contribution in [0.1, 0.15) is 131 Å². The van der Waals surface area contributed by atoms with Crippen molar-refractivity contribution in [3.05, 3.63) is 0 Å². The number of nitrogens with zero attached hydrogens (tertiary/aromatic N) is 2. The molecule has 176 valence electrons. The van der Waals surface area contributed by atoms with Gasteiger partial charge in [0.1, 0.15) is 5.78 Å². The highest BCUT2D eigenvalue weighted by molar-refractivity contribution is 5.77. The number of carbonyl (C=O) groups is 1. The minimum absolute atomic E-state index is 0.0386. The molecule has 2 fully saturated rings. The summed E-state index contributed by atoms with van der Waals surface area (Å²) in [6.07, 6.45) is 20.1. The molecule has 0 bridgehead atoms. The van der Waals surface area contributed by atoms with E-state index in [4.69, 9.17) is 0 Å². The Morgan fingerprint density at radius 1 is 0.900 bits per heavy atom. The lowest BCUT2D eigenvalue weighted by molar-refractivity contribution is -0.171. The van der Waals surface area contributed by atoms with Gasteiger partial charge in [0.15, 0.2) is 0 Å². The van der Waals surface area contributed by atoms with Crippen molar-refractivity contribution >= 4 is 5.78 Å². The number of ketones is 1. The molecule has 2 atom stereocenters. The van der Waals surface area contributed by atoms with Crippen molar-refractivity contribution < 1.29 is 4.79 Å². The number of piperidine rings is 1. The van der Waals surface area contributed by atoms with Crippen LogP contribution in [-0.2, 0) is 4.79 Å². The normalized spacial score (nSPS) is 27.6. The van der Waals surface area contributed by atoms with Crippen LogP contribution in [0, 0.1) is 11.3 Å². The number of Topliss-reactive ketones (excluding diaryl/α,β-unsaturated/α-hetero) is 1. The van der Waals surface area contributed by atoms with Crippen molar-refractivity contribution in [3.8, 4) is 0 Å². The summed E-state index contributed by atoms with van der Waals surface area (Å²) in [7, 11) is 0. The Morgan fingerprint density at radius 2 is 1.50 bits per heavy atom. The third-order valence-electron chi connectivity index (χ3n) is 8.36. The fraction of sp³-hybridized carbons (Fsp3) is 0.963. The van der Waals surface area contributed by atoms with Gasteiger partial charge in [-0.05, 0) is 50.9 Å². The summed E-state index contributed by atoms with van der Waals surface area (Å²) in [4.78, 5) is 12.1. The van der Waals surface area contributed by atoms with Gasteiger partial charge in [0.2, 0.25) is 0 Å². The molecule has 0 aromatic rings. The van der Waals surface area contributed by atoms with Crippen LogP contribution in [0.3, 0.4) is 0 Å². The second-order valence-corrected chi connectivity index (χ2v) is 11.3. The SMILES string of the molecule is CCCCCCCCCCCCC1CCN(N2CCCC(C)(C)C2(C)CC(C)=O)C1.